The first-order valence-electron chi connectivity index (χ1n) is 5.12. The number of hydrogen-bond acceptors (Lipinski definition) is 2. The molecule has 0 saturated carbocycles. The largest absolute Gasteiger partial charge is 0.373 e. The molecule has 0 bridgehead atoms. The van der Waals surface area contributed by atoms with Crippen LogP contribution >= 0.6 is 27.3 Å². The van der Waals surface area contributed by atoms with E-state index in [9.17, 15) is 13.2 Å². The van der Waals surface area contributed by atoms with Crippen LogP contribution in [0.15, 0.2) is 28.1 Å². The molecular formula is C12H9BrF3NS. The molecular weight excluding hydrogens is 327 g/mol. The van der Waals surface area contributed by atoms with Gasteiger partial charge in [0.25, 0.3) is 0 Å². The molecule has 18 heavy (non-hydrogen) atoms. The summed E-state index contributed by atoms with van der Waals surface area (Å²) in [6, 6.07) is 2.91. The van der Waals surface area contributed by atoms with Crippen molar-refractivity contribution < 1.29 is 13.2 Å². The van der Waals surface area contributed by atoms with Crippen molar-refractivity contribution in [1.82, 2.24) is 0 Å². The molecule has 0 saturated heterocycles. The van der Waals surface area contributed by atoms with Crippen LogP contribution in [0.2, 0.25) is 0 Å². The second-order valence-electron chi connectivity index (χ2n) is 3.78. The van der Waals surface area contributed by atoms with E-state index in [4.69, 9.17) is 0 Å². The van der Waals surface area contributed by atoms with Crippen molar-refractivity contribution in [2.75, 3.05) is 5.32 Å². The van der Waals surface area contributed by atoms with E-state index in [0.29, 0.717) is 12.1 Å². The van der Waals surface area contributed by atoms with Crippen LogP contribution in [-0.4, -0.2) is 0 Å². The van der Waals surface area contributed by atoms with Crippen molar-refractivity contribution >= 4 is 33.0 Å². The van der Waals surface area contributed by atoms with E-state index in [1.54, 1.807) is 6.92 Å². The number of halogens is 4. The minimum atomic E-state index is -0.935. The molecule has 1 nitrogen and oxygen atoms in total. The molecule has 0 amide bonds. The zero-order valence-electron chi connectivity index (χ0n) is 9.31. The summed E-state index contributed by atoms with van der Waals surface area (Å²) in [4.78, 5) is 0.921. The Morgan fingerprint density at radius 1 is 1.17 bits per heavy atom. The number of anilines is 1. The monoisotopic (exact) mass is 335 g/mol. The van der Waals surface area contributed by atoms with Gasteiger partial charge in [0.05, 0.1) is 6.04 Å². The van der Waals surface area contributed by atoms with Crippen LogP contribution in [0.5, 0.6) is 0 Å². The minimum Gasteiger partial charge on any atom is -0.373 e. The zero-order valence-corrected chi connectivity index (χ0v) is 11.7. The van der Waals surface area contributed by atoms with Gasteiger partial charge in [-0.3, -0.25) is 0 Å². The van der Waals surface area contributed by atoms with Gasteiger partial charge in [-0.2, -0.15) is 0 Å². The fourth-order valence-electron chi connectivity index (χ4n) is 1.52. The average Bonchev–Trinajstić information content (AvgIpc) is 2.70. The van der Waals surface area contributed by atoms with E-state index in [0.717, 1.165) is 9.35 Å². The number of rotatable bonds is 3. The van der Waals surface area contributed by atoms with Gasteiger partial charge in [0.1, 0.15) is 11.5 Å². The minimum absolute atomic E-state index is 0.268. The Bertz CT molecular complexity index is 547. The third-order valence-corrected chi connectivity index (χ3v) is 4.26. The summed E-state index contributed by atoms with van der Waals surface area (Å²) in [6.07, 6.45) is 0. The number of hydrogen-bond donors (Lipinski definition) is 1. The maximum atomic E-state index is 13.4. The van der Waals surface area contributed by atoms with Gasteiger partial charge in [0.2, 0.25) is 0 Å². The maximum absolute atomic E-state index is 13.4. The number of thiophene rings is 1. The van der Waals surface area contributed by atoms with Gasteiger partial charge in [0, 0.05) is 26.9 Å². The highest BCUT2D eigenvalue weighted by molar-refractivity contribution is 9.10. The lowest BCUT2D eigenvalue weighted by Crippen LogP contribution is -2.08. The summed E-state index contributed by atoms with van der Waals surface area (Å²) >= 11 is 4.77. The molecule has 0 aliphatic heterocycles. The third-order valence-electron chi connectivity index (χ3n) is 2.38. The highest BCUT2D eigenvalue weighted by Gasteiger charge is 2.15. The lowest BCUT2D eigenvalue weighted by Gasteiger charge is -2.15. The Morgan fingerprint density at radius 3 is 2.28 bits per heavy atom. The zero-order chi connectivity index (χ0) is 13.3. The molecule has 1 aromatic carbocycles. The van der Waals surface area contributed by atoms with Crippen molar-refractivity contribution in [1.29, 1.82) is 0 Å². The van der Waals surface area contributed by atoms with Gasteiger partial charge >= 0.3 is 0 Å². The molecule has 1 unspecified atom stereocenters. The second kappa shape index (κ2) is 5.32. The smallest absolute Gasteiger partial charge is 0.152 e. The Balaban J connectivity index is 2.24. The molecule has 6 heteroatoms. The first-order valence-corrected chi connectivity index (χ1v) is 6.79. The quantitative estimate of drug-likeness (QED) is 0.822. The summed E-state index contributed by atoms with van der Waals surface area (Å²) in [5, 5.41) is 4.59. The molecule has 1 heterocycles. The maximum Gasteiger partial charge on any atom is 0.152 e. The van der Waals surface area contributed by atoms with Crippen molar-refractivity contribution in [3.05, 3.63) is 50.4 Å². The van der Waals surface area contributed by atoms with Crippen LogP contribution in [0.1, 0.15) is 17.8 Å². The van der Waals surface area contributed by atoms with Crippen LogP contribution in [0.25, 0.3) is 0 Å². The Kier molecular flexibility index (Phi) is 3.97. The number of nitrogens with one attached hydrogen (secondary N) is 1. The van der Waals surface area contributed by atoms with E-state index in [1.165, 1.54) is 11.3 Å². The molecule has 0 aliphatic carbocycles. The highest BCUT2D eigenvalue weighted by atomic mass is 79.9. The Hall–Kier alpha value is -1.01. The Labute approximate surface area is 115 Å². The molecule has 96 valence electrons. The van der Waals surface area contributed by atoms with Gasteiger partial charge < -0.3 is 5.32 Å². The van der Waals surface area contributed by atoms with Crippen LogP contribution in [0, 0.1) is 17.5 Å². The molecule has 1 aromatic heterocycles. The molecule has 0 fully saturated rings. The van der Waals surface area contributed by atoms with Crippen LogP contribution < -0.4 is 5.32 Å². The van der Waals surface area contributed by atoms with Crippen LogP contribution in [0.3, 0.4) is 0 Å². The van der Waals surface area contributed by atoms with Gasteiger partial charge in [-0.05, 0) is 28.9 Å². The number of benzene rings is 1. The first-order chi connectivity index (χ1) is 8.47. The van der Waals surface area contributed by atoms with E-state index in [2.05, 4.69) is 21.2 Å². The summed E-state index contributed by atoms with van der Waals surface area (Å²) in [5.74, 6) is -2.80. The van der Waals surface area contributed by atoms with E-state index < -0.39 is 17.5 Å². The molecule has 0 aliphatic rings. The molecule has 0 spiro atoms. The molecule has 0 radical (unpaired) electrons. The van der Waals surface area contributed by atoms with Crippen LogP contribution in [-0.2, 0) is 0 Å². The summed E-state index contributed by atoms with van der Waals surface area (Å²) < 4.78 is 40.6. The topological polar surface area (TPSA) is 12.0 Å². The Morgan fingerprint density at radius 2 is 1.78 bits per heavy atom. The van der Waals surface area contributed by atoms with Gasteiger partial charge in [-0.15, -0.1) is 11.3 Å². The predicted molar refractivity (Wildman–Crippen MR) is 70.4 cm³/mol. The van der Waals surface area contributed by atoms with Crippen molar-refractivity contribution in [2.45, 2.75) is 13.0 Å². The fraction of sp³-hybridized carbons (Fsp3) is 0.167. The molecule has 1 atom stereocenters. The standard InChI is InChI=1S/C12H9BrF3NS/c1-6(11-2-7(13)5-18-11)17-12-9(15)3-8(14)4-10(12)16/h2-6,17H,1H3. The van der Waals surface area contributed by atoms with E-state index in [-0.39, 0.29) is 11.7 Å². The summed E-state index contributed by atoms with van der Waals surface area (Å²) in [7, 11) is 0. The second-order valence-corrected chi connectivity index (χ2v) is 5.64. The van der Waals surface area contributed by atoms with Gasteiger partial charge in [-0.25, -0.2) is 13.2 Å². The predicted octanol–water partition coefficient (Wildman–Crippen LogP) is 5.10. The third kappa shape index (κ3) is 2.87. The van der Waals surface area contributed by atoms with Gasteiger partial charge in [-0.1, -0.05) is 0 Å². The van der Waals surface area contributed by atoms with Crippen molar-refractivity contribution in [2.24, 2.45) is 0 Å². The van der Waals surface area contributed by atoms with E-state index in [1.807, 2.05) is 11.4 Å². The molecule has 2 rings (SSSR count). The molecule has 1 N–H and O–H groups in total. The fourth-order valence-corrected chi connectivity index (χ4v) is 2.98. The first kappa shape index (κ1) is 13.4. The highest BCUT2D eigenvalue weighted by Crippen LogP contribution is 2.30. The lowest BCUT2D eigenvalue weighted by atomic mass is 10.2. The summed E-state index contributed by atoms with van der Waals surface area (Å²) in [6.45, 7) is 1.78. The van der Waals surface area contributed by atoms with Gasteiger partial charge in [0.15, 0.2) is 11.6 Å². The average molecular weight is 336 g/mol. The summed E-state index contributed by atoms with van der Waals surface area (Å²) in [5.41, 5.74) is -0.312. The van der Waals surface area contributed by atoms with E-state index >= 15 is 0 Å². The van der Waals surface area contributed by atoms with Crippen molar-refractivity contribution in [3.63, 3.8) is 0 Å². The lowest BCUT2D eigenvalue weighted by molar-refractivity contribution is 0.545. The molecule has 2 aromatic rings. The van der Waals surface area contributed by atoms with Crippen molar-refractivity contribution in [3.8, 4) is 0 Å². The normalized spacial score (nSPS) is 12.5. The SMILES string of the molecule is CC(Nc1c(F)cc(F)cc1F)c1cc(Br)cs1. The van der Waals surface area contributed by atoms with Crippen LogP contribution in [0.4, 0.5) is 18.9 Å².